The zero-order chi connectivity index (χ0) is 27.7. The number of benzene rings is 1. The van der Waals surface area contributed by atoms with Gasteiger partial charge in [-0.05, 0) is 55.9 Å². The SMILES string of the molecule is C=CCn1c(=O)c2cnc(Nc3ccc4c(c3)CN(CCN(C)C)CC4)nc2n1-c1cccc(C(C)(C)C)n1. The van der Waals surface area contributed by atoms with Crippen molar-refractivity contribution in [1.29, 1.82) is 0 Å². The van der Waals surface area contributed by atoms with E-state index >= 15 is 0 Å². The van der Waals surface area contributed by atoms with Crippen molar-refractivity contribution in [2.45, 2.75) is 45.7 Å². The molecule has 9 heteroatoms. The van der Waals surface area contributed by atoms with Crippen LogP contribution >= 0.6 is 0 Å². The molecule has 39 heavy (non-hydrogen) atoms. The molecule has 0 fully saturated rings. The van der Waals surface area contributed by atoms with E-state index in [9.17, 15) is 4.79 Å². The van der Waals surface area contributed by atoms with Crippen molar-refractivity contribution in [2.75, 3.05) is 39.0 Å². The number of anilines is 2. The Morgan fingerprint density at radius 1 is 1.13 bits per heavy atom. The van der Waals surface area contributed by atoms with E-state index in [1.807, 2.05) is 18.2 Å². The monoisotopic (exact) mass is 526 g/mol. The lowest BCUT2D eigenvalue weighted by Crippen LogP contribution is -2.35. The Labute approximate surface area is 229 Å². The number of hydrogen-bond acceptors (Lipinski definition) is 7. The van der Waals surface area contributed by atoms with Crippen molar-refractivity contribution in [1.82, 2.24) is 34.1 Å². The molecule has 0 unspecified atom stereocenters. The Kier molecular flexibility index (Phi) is 7.38. The fourth-order valence-corrected chi connectivity index (χ4v) is 4.92. The molecular weight excluding hydrogens is 488 g/mol. The average Bonchev–Trinajstić information content (AvgIpc) is 3.17. The molecule has 0 aliphatic carbocycles. The molecule has 0 radical (unpaired) electrons. The standard InChI is InChI=1S/C30H38N8O/c1-7-14-37-28(39)24-19-31-29(34-27(24)38(37)26-10-8-9-25(33-26)30(2,3)4)32-23-12-11-21-13-15-36(17-16-35(5)6)20-22(21)18-23/h7-12,18-19H,1,13-17,20H2,2-6H3,(H,31,32,34). The van der Waals surface area contributed by atoms with Gasteiger partial charge in [0.05, 0.1) is 6.54 Å². The molecule has 0 bridgehead atoms. The summed E-state index contributed by atoms with van der Waals surface area (Å²) < 4.78 is 3.38. The Morgan fingerprint density at radius 3 is 2.69 bits per heavy atom. The number of hydrogen-bond donors (Lipinski definition) is 1. The summed E-state index contributed by atoms with van der Waals surface area (Å²) in [6, 6.07) is 12.3. The lowest BCUT2D eigenvalue weighted by molar-refractivity contribution is 0.225. The lowest BCUT2D eigenvalue weighted by atomic mass is 9.92. The highest BCUT2D eigenvalue weighted by Crippen LogP contribution is 2.26. The number of nitrogens with zero attached hydrogens (tertiary/aromatic N) is 7. The highest BCUT2D eigenvalue weighted by molar-refractivity contribution is 5.77. The molecule has 3 aromatic heterocycles. The third kappa shape index (κ3) is 5.65. The van der Waals surface area contributed by atoms with Gasteiger partial charge in [-0.1, -0.05) is 39.0 Å². The first-order valence-electron chi connectivity index (χ1n) is 13.5. The lowest BCUT2D eigenvalue weighted by Gasteiger charge is -2.30. The third-order valence-corrected chi connectivity index (χ3v) is 7.11. The third-order valence-electron chi connectivity index (χ3n) is 7.11. The predicted octanol–water partition coefficient (Wildman–Crippen LogP) is 4.12. The van der Waals surface area contributed by atoms with Crippen LogP contribution in [0.15, 0.2) is 60.0 Å². The van der Waals surface area contributed by atoms with Crippen LogP contribution in [-0.2, 0) is 24.9 Å². The van der Waals surface area contributed by atoms with Crippen molar-refractivity contribution in [3.63, 3.8) is 0 Å². The summed E-state index contributed by atoms with van der Waals surface area (Å²) in [5, 5.41) is 3.81. The smallest absolute Gasteiger partial charge is 0.278 e. The number of pyridine rings is 1. The summed E-state index contributed by atoms with van der Waals surface area (Å²) in [7, 11) is 4.22. The van der Waals surface area contributed by atoms with Crippen LogP contribution < -0.4 is 10.9 Å². The summed E-state index contributed by atoms with van der Waals surface area (Å²) in [6.07, 6.45) is 4.35. The van der Waals surface area contributed by atoms with Gasteiger partial charge in [0, 0.05) is 49.2 Å². The van der Waals surface area contributed by atoms with Gasteiger partial charge in [0.25, 0.3) is 5.56 Å². The van der Waals surface area contributed by atoms with Crippen LogP contribution in [0.5, 0.6) is 0 Å². The number of aromatic nitrogens is 5. The van der Waals surface area contributed by atoms with E-state index in [1.165, 1.54) is 11.1 Å². The van der Waals surface area contributed by atoms with Gasteiger partial charge in [0.15, 0.2) is 11.5 Å². The topological polar surface area (TPSA) is 84.1 Å². The van der Waals surface area contributed by atoms with Gasteiger partial charge in [-0.15, -0.1) is 6.58 Å². The van der Waals surface area contributed by atoms with Gasteiger partial charge >= 0.3 is 0 Å². The van der Waals surface area contributed by atoms with E-state index in [1.54, 1.807) is 21.6 Å². The molecular formula is C30H38N8O. The van der Waals surface area contributed by atoms with Crippen LogP contribution in [0.2, 0.25) is 0 Å². The van der Waals surface area contributed by atoms with E-state index in [-0.39, 0.29) is 11.0 Å². The predicted molar refractivity (Wildman–Crippen MR) is 157 cm³/mol. The van der Waals surface area contributed by atoms with Gasteiger partial charge in [0.2, 0.25) is 5.95 Å². The van der Waals surface area contributed by atoms with Crippen LogP contribution in [-0.4, -0.2) is 67.8 Å². The molecule has 1 aliphatic rings. The maximum atomic E-state index is 13.3. The number of likely N-dealkylation sites (N-methyl/N-ethyl adjacent to an activating group) is 1. The van der Waals surface area contributed by atoms with Crippen LogP contribution in [0.3, 0.4) is 0 Å². The molecule has 0 spiro atoms. The van der Waals surface area contributed by atoms with E-state index in [4.69, 9.17) is 9.97 Å². The van der Waals surface area contributed by atoms with Crippen molar-refractivity contribution in [3.05, 3.63) is 82.4 Å². The zero-order valence-electron chi connectivity index (χ0n) is 23.6. The Morgan fingerprint density at radius 2 is 1.95 bits per heavy atom. The quantitative estimate of drug-likeness (QED) is 0.346. The second-order valence-corrected chi connectivity index (χ2v) is 11.5. The molecule has 9 nitrogen and oxygen atoms in total. The first-order chi connectivity index (χ1) is 18.6. The molecule has 0 amide bonds. The molecule has 204 valence electrons. The number of rotatable bonds is 8. The van der Waals surface area contributed by atoms with Crippen molar-refractivity contribution < 1.29 is 0 Å². The molecule has 0 atom stereocenters. The number of allylic oxidation sites excluding steroid dienone is 1. The fourth-order valence-electron chi connectivity index (χ4n) is 4.92. The summed E-state index contributed by atoms with van der Waals surface area (Å²) >= 11 is 0. The van der Waals surface area contributed by atoms with E-state index in [0.29, 0.717) is 29.3 Å². The highest BCUT2D eigenvalue weighted by atomic mass is 16.1. The second-order valence-electron chi connectivity index (χ2n) is 11.5. The van der Waals surface area contributed by atoms with Gasteiger partial charge < -0.3 is 10.2 Å². The normalized spacial score (nSPS) is 14.1. The minimum Gasteiger partial charge on any atom is -0.324 e. The first-order valence-corrected chi connectivity index (χ1v) is 13.5. The highest BCUT2D eigenvalue weighted by Gasteiger charge is 2.21. The van der Waals surface area contributed by atoms with Gasteiger partial charge in [-0.2, -0.15) is 4.98 Å². The largest absolute Gasteiger partial charge is 0.324 e. The molecule has 5 rings (SSSR count). The maximum absolute atomic E-state index is 13.3. The molecule has 4 aromatic rings. The van der Waals surface area contributed by atoms with E-state index in [2.05, 4.69) is 79.7 Å². The summed E-state index contributed by atoms with van der Waals surface area (Å²) in [6.45, 7) is 14.6. The van der Waals surface area contributed by atoms with E-state index in [0.717, 1.165) is 44.0 Å². The summed E-state index contributed by atoms with van der Waals surface area (Å²) in [5.74, 6) is 1.06. The van der Waals surface area contributed by atoms with Crippen LogP contribution in [0.4, 0.5) is 11.6 Å². The van der Waals surface area contributed by atoms with Crippen molar-refractivity contribution >= 4 is 22.7 Å². The molecule has 1 N–H and O–H groups in total. The van der Waals surface area contributed by atoms with Crippen LogP contribution in [0, 0.1) is 0 Å². The van der Waals surface area contributed by atoms with Gasteiger partial charge in [0.1, 0.15) is 5.39 Å². The van der Waals surface area contributed by atoms with Gasteiger partial charge in [-0.3, -0.25) is 9.69 Å². The molecule has 1 aliphatic heterocycles. The van der Waals surface area contributed by atoms with Crippen molar-refractivity contribution in [2.24, 2.45) is 0 Å². The summed E-state index contributed by atoms with van der Waals surface area (Å²) in [4.78, 5) is 32.2. The Bertz CT molecular complexity index is 1560. The Hall–Kier alpha value is -3.82. The molecule has 0 saturated carbocycles. The maximum Gasteiger partial charge on any atom is 0.278 e. The van der Waals surface area contributed by atoms with E-state index < -0.39 is 0 Å². The molecule has 0 saturated heterocycles. The molecule has 4 heterocycles. The second kappa shape index (κ2) is 10.7. The first kappa shape index (κ1) is 26.8. The fraction of sp³-hybridized carbons (Fsp3) is 0.400. The van der Waals surface area contributed by atoms with Crippen LogP contribution in [0.1, 0.15) is 37.6 Å². The van der Waals surface area contributed by atoms with Crippen molar-refractivity contribution in [3.8, 4) is 5.82 Å². The zero-order valence-corrected chi connectivity index (χ0v) is 23.6. The summed E-state index contributed by atoms with van der Waals surface area (Å²) in [5.41, 5.74) is 4.76. The van der Waals surface area contributed by atoms with Gasteiger partial charge in [-0.25, -0.2) is 19.3 Å². The number of fused-ring (bicyclic) bond motifs is 2. The average molecular weight is 527 g/mol. The minimum absolute atomic E-state index is 0.140. The Balaban J connectivity index is 1.50. The minimum atomic E-state index is -0.175. The van der Waals surface area contributed by atoms with Crippen LogP contribution in [0.25, 0.3) is 16.9 Å². The number of nitrogens with one attached hydrogen (secondary N) is 1. The molecule has 1 aromatic carbocycles.